The minimum atomic E-state index is -3.48. The van der Waals surface area contributed by atoms with E-state index in [4.69, 9.17) is 4.74 Å². The van der Waals surface area contributed by atoms with E-state index in [0.29, 0.717) is 24.1 Å². The van der Waals surface area contributed by atoms with E-state index in [1.165, 1.54) is 6.07 Å². The van der Waals surface area contributed by atoms with Gasteiger partial charge in [-0.3, -0.25) is 9.52 Å². The fourth-order valence-corrected chi connectivity index (χ4v) is 2.90. The first-order valence-electron chi connectivity index (χ1n) is 8.59. The molecule has 2 aromatic carbocycles. The zero-order valence-electron chi connectivity index (χ0n) is 16.1. The van der Waals surface area contributed by atoms with Crippen molar-refractivity contribution in [2.75, 3.05) is 29.4 Å². The maximum Gasteiger partial charge on any atom is 0.257 e. The third-order valence-electron chi connectivity index (χ3n) is 3.50. The third kappa shape index (κ3) is 8.16. The summed E-state index contributed by atoms with van der Waals surface area (Å²) in [5.41, 5.74) is 1.06. The number of anilines is 2. The molecule has 0 unspecified atom stereocenters. The summed E-state index contributed by atoms with van der Waals surface area (Å²) in [4.78, 5) is 12.5. The molecule has 0 spiro atoms. The van der Waals surface area contributed by atoms with Crippen LogP contribution in [0.3, 0.4) is 0 Å². The standard InChI is InChI=1S/C19H25N3O4S.ClH/c1-14(2)20-12-13-26-16-10-8-15(9-11-16)21-19(23)17-6-4-5-7-18(17)22-27(3,24)25;/h4-11,14,20,22H,12-13H2,1-3H3,(H,21,23);1H. The highest BCUT2D eigenvalue weighted by Gasteiger charge is 2.13. The van der Waals surface area contributed by atoms with E-state index in [9.17, 15) is 13.2 Å². The molecule has 0 atom stereocenters. The average molecular weight is 428 g/mol. The van der Waals surface area contributed by atoms with Gasteiger partial charge in [0.05, 0.1) is 17.5 Å². The molecule has 0 aromatic heterocycles. The molecular formula is C19H26ClN3O4S. The molecule has 0 saturated heterocycles. The van der Waals surface area contributed by atoms with Crippen LogP contribution in [0.15, 0.2) is 48.5 Å². The molecule has 2 aromatic rings. The first-order chi connectivity index (χ1) is 12.7. The van der Waals surface area contributed by atoms with E-state index in [-0.39, 0.29) is 23.7 Å². The molecule has 7 nitrogen and oxygen atoms in total. The molecule has 0 aliphatic rings. The number of sulfonamides is 1. The summed E-state index contributed by atoms with van der Waals surface area (Å²) < 4.78 is 30.9. The summed E-state index contributed by atoms with van der Waals surface area (Å²) >= 11 is 0. The first-order valence-corrected chi connectivity index (χ1v) is 10.5. The lowest BCUT2D eigenvalue weighted by atomic mass is 10.1. The summed E-state index contributed by atoms with van der Waals surface area (Å²) in [6, 6.07) is 13.8. The molecule has 0 heterocycles. The van der Waals surface area contributed by atoms with Crippen molar-refractivity contribution in [1.29, 1.82) is 0 Å². The number of halogens is 1. The smallest absolute Gasteiger partial charge is 0.257 e. The number of carbonyl (C=O) groups excluding carboxylic acids is 1. The maximum atomic E-state index is 12.5. The van der Waals surface area contributed by atoms with Gasteiger partial charge in [0.15, 0.2) is 0 Å². The van der Waals surface area contributed by atoms with Crippen LogP contribution in [0.25, 0.3) is 0 Å². The summed E-state index contributed by atoms with van der Waals surface area (Å²) in [6.45, 7) is 5.44. The largest absolute Gasteiger partial charge is 0.492 e. The zero-order chi connectivity index (χ0) is 19.9. The molecule has 1 amide bonds. The van der Waals surface area contributed by atoms with Gasteiger partial charge in [0, 0.05) is 18.3 Å². The SMILES string of the molecule is CC(C)NCCOc1ccc(NC(=O)c2ccccc2NS(C)(=O)=O)cc1.Cl. The van der Waals surface area contributed by atoms with Gasteiger partial charge in [-0.05, 0) is 36.4 Å². The number of ether oxygens (including phenoxy) is 1. The topological polar surface area (TPSA) is 96.5 Å². The van der Waals surface area contributed by atoms with Crippen molar-refractivity contribution in [3.05, 3.63) is 54.1 Å². The van der Waals surface area contributed by atoms with Gasteiger partial charge < -0.3 is 15.4 Å². The van der Waals surface area contributed by atoms with Crippen LogP contribution in [0.5, 0.6) is 5.75 Å². The van der Waals surface area contributed by atoms with E-state index in [1.54, 1.807) is 42.5 Å². The summed E-state index contributed by atoms with van der Waals surface area (Å²) in [5, 5.41) is 6.01. The lowest BCUT2D eigenvalue weighted by Crippen LogP contribution is -2.27. The van der Waals surface area contributed by atoms with Crippen LogP contribution in [0.4, 0.5) is 11.4 Å². The van der Waals surface area contributed by atoms with E-state index >= 15 is 0 Å². The molecule has 0 fully saturated rings. The number of hydrogen-bond donors (Lipinski definition) is 3. The van der Waals surface area contributed by atoms with Gasteiger partial charge in [-0.15, -0.1) is 12.4 Å². The van der Waals surface area contributed by atoms with Crippen LogP contribution in [0.1, 0.15) is 24.2 Å². The molecule has 2 rings (SSSR count). The normalized spacial score (nSPS) is 10.9. The summed E-state index contributed by atoms with van der Waals surface area (Å²) in [6.07, 6.45) is 1.04. The number of rotatable bonds is 9. The molecule has 9 heteroatoms. The second-order valence-electron chi connectivity index (χ2n) is 6.36. The second kappa shape index (κ2) is 10.9. The number of para-hydroxylation sites is 1. The van der Waals surface area contributed by atoms with Crippen LogP contribution in [0.2, 0.25) is 0 Å². The zero-order valence-corrected chi connectivity index (χ0v) is 17.7. The Labute approximate surface area is 172 Å². The van der Waals surface area contributed by atoms with Crippen molar-refractivity contribution >= 4 is 39.7 Å². The first kappa shape index (κ1) is 23.7. The molecule has 0 aliphatic heterocycles. The highest BCUT2D eigenvalue weighted by molar-refractivity contribution is 7.92. The summed E-state index contributed by atoms with van der Waals surface area (Å²) in [7, 11) is -3.48. The Kier molecular flexibility index (Phi) is 9.24. The number of benzene rings is 2. The molecule has 154 valence electrons. The second-order valence-corrected chi connectivity index (χ2v) is 8.10. The van der Waals surface area contributed by atoms with Crippen molar-refractivity contribution in [2.24, 2.45) is 0 Å². The van der Waals surface area contributed by atoms with Gasteiger partial charge in [0.25, 0.3) is 5.91 Å². The molecular weight excluding hydrogens is 402 g/mol. The fourth-order valence-electron chi connectivity index (χ4n) is 2.32. The van der Waals surface area contributed by atoms with Crippen molar-refractivity contribution in [3.63, 3.8) is 0 Å². The number of carbonyl (C=O) groups is 1. The van der Waals surface area contributed by atoms with E-state index < -0.39 is 15.9 Å². The van der Waals surface area contributed by atoms with Gasteiger partial charge in [-0.1, -0.05) is 26.0 Å². The number of amides is 1. The van der Waals surface area contributed by atoms with Gasteiger partial charge >= 0.3 is 0 Å². The Balaban J connectivity index is 0.00000392. The predicted octanol–water partition coefficient (Wildman–Crippen LogP) is 3.11. The minimum Gasteiger partial charge on any atom is -0.492 e. The predicted molar refractivity (Wildman–Crippen MR) is 115 cm³/mol. The Morgan fingerprint density at radius 1 is 1.07 bits per heavy atom. The Hall–Kier alpha value is -2.29. The molecule has 0 radical (unpaired) electrons. The van der Waals surface area contributed by atoms with Crippen molar-refractivity contribution in [3.8, 4) is 5.75 Å². The van der Waals surface area contributed by atoms with E-state index in [1.807, 2.05) is 0 Å². The Bertz CT molecular complexity index is 871. The minimum absolute atomic E-state index is 0. The van der Waals surface area contributed by atoms with Gasteiger partial charge in [-0.2, -0.15) is 0 Å². The highest BCUT2D eigenvalue weighted by Crippen LogP contribution is 2.20. The lowest BCUT2D eigenvalue weighted by Gasteiger charge is -2.12. The van der Waals surface area contributed by atoms with Crippen molar-refractivity contribution in [1.82, 2.24) is 5.32 Å². The molecule has 0 bridgehead atoms. The van der Waals surface area contributed by atoms with Crippen LogP contribution in [-0.2, 0) is 10.0 Å². The van der Waals surface area contributed by atoms with Gasteiger partial charge in [0.2, 0.25) is 10.0 Å². The van der Waals surface area contributed by atoms with E-state index in [0.717, 1.165) is 12.8 Å². The van der Waals surface area contributed by atoms with Crippen LogP contribution in [0, 0.1) is 0 Å². The van der Waals surface area contributed by atoms with Crippen LogP contribution < -0.4 is 20.1 Å². The van der Waals surface area contributed by atoms with Crippen molar-refractivity contribution < 1.29 is 17.9 Å². The highest BCUT2D eigenvalue weighted by atomic mass is 35.5. The number of nitrogens with one attached hydrogen (secondary N) is 3. The van der Waals surface area contributed by atoms with Crippen molar-refractivity contribution in [2.45, 2.75) is 19.9 Å². The lowest BCUT2D eigenvalue weighted by molar-refractivity contribution is 0.102. The Morgan fingerprint density at radius 3 is 2.32 bits per heavy atom. The molecule has 0 aliphatic carbocycles. The fraction of sp³-hybridized carbons (Fsp3) is 0.316. The van der Waals surface area contributed by atoms with Gasteiger partial charge in [0.1, 0.15) is 12.4 Å². The third-order valence-corrected chi connectivity index (χ3v) is 4.09. The molecule has 3 N–H and O–H groups in total. The van der Waals surface area contributed by atoms with E-state index in [2.05, 4.69) is 29.2 Å². The molecule has 0 saturated carbocycles. The maximum absolute atomic E-state index is 12.5. The van der Waals surface area contributed by atoms with Crippen LogP contribution >= 0.6 is 12.4 Å². The quantitative estimate of drug-likeness (QED) is 0.534. The monoisotopic (exact) mass is 427 g/mol. The summed E-state index contributed by atoms with van der Waals surface area (Å²) in [5.74, 6) is 0.300. The van der Waals surface area contributed by atoms with Gasteiger partial charge in [-0.25, -0.2) is 8.42 Å². The number of hydrogen-bond acceptors (Lipinski definition) is 5. The molecule has 28 heavy (non-hydrogen) atoms. The Morgan fingerprint density at radius 2 is 1.71 bits per heavy atom. The van der Waals surface area contributed by atoms with Crippen LogP contribution in [-0.4, -0.2) is 39.8 Å². The average Bonchev–Trinajstić information content (AvgIpc) is 2.59.